The Morgan fingerprint density at radius 1 is 1.29 bits per heavy atom. The Labute approximate surface area is 197 Å². The van der Waals surface area contributed by atoms with Gasteiger partial charge in [0, 0.05) is 16.7 Å². The zero-order valence-electron chi connectivity index (χ0n) is 19.1. The fourth-order valence-corrected chi connectivity index (χ4v) is 4.04. The van der Waals surface area contributed by atoms with Gasteiger partial charge in [-0.25, -0.2) is 4.79 Å². The minimum atomic E-state index is -5.12. The van der Waals surface area contributed by atoms with Crippen molar-refractivity contribution >= 4 is 34.2 Å². The number of halogens is 3. The highest BCUT2D eigenvalue weighted by atomic mass is 32.2. The van der Waals surface area contributed by atoms with Crippen LogP contribution in [0.15, 0.2) is 22.6 Å². The predicted molar refractivity (Wildman–Crippen MR) is 119 cm³/mol. The smallest absolute Gasteiger partial charge is 0.410 e. The summed E-state index contributed by atoms with van der Waals surface area (Å²) in [7, 11) is 0. The number of hydrogen-bond acceptors (Lipinski definition) is 6. The van der Waals surface area contributed by atoms with Gasteiger partial charge in [-0.05, 0) is 64.7 Å². The molecule has 3 rings (SSSR count). The number of carboxylic acids is 1. The number of carbonyl (C=O) groups is 2. The molecule has 0 radical (unpaired) electrons. The van der Waals surface area contributed by atoms with Crippen molar-refractivity contribution in [2.75, 3.05) is 6.61 Å². The molecule has 1 fully saturated rings. The monoisotopic (exact) mass is 504 g/mol. The fourth-order valence-electron chi connectivity index (χ4n) is 3.19. The number of nitrogens with one attached hydrogen (secondary N) is 2. The molecule has 0 saturated heterocycles. The first-order chi connectivity index (χ1) is 15.7. The van der Waals surface area contributed by atoms with E-state index in [0.29, 0.717) is 23.9 Å². The van der Waals surface area contributed by atoms with Crippen molar-refractivity contribution in [2.24, 2.45) is 5.92 Å². The fraction of sp³-hybridized carbons (Fsp3) is 0.545. The van der Waals surface area contributed by atoms with Crippen LogP contribution in [0.1, 0.15) is 49.7 Å². The van der Waals surface area contributed by atoms with E-state index in [9.17, 15) is 32.4 Å². The minimum absolute atomic E-state index is 0.101. The number of rotatable bonds is 9. The second kappa shape index (κ2) is 9.67. The predicted octanol–water partition coefficient (Wildman–Crippen LogP) is 3.70. The molecule has 2 aromatic rings. The molecule has 1 aliphatic carbocycles. The number of benzene rings is 1. The average molecular weight is 505 g/mol. The van der Waals surface area contributed by atoms with Gasteiger partial charge in [-0.1, -0.05) is 0 Å². The maximum absolute atomic E-state index is 13.8. The van der Waals surface area contributed by atoms with E-state index < -0.39 is 46.2 Å². The van der Waals surface area contributed by atoms with E-state index in [1.165, 1.54) is 33.8 Å². The Morgan fingerprint density at radius 2 is 1.94 bits per heavy atom. The molecule has 1 aromatic heterocycles. The summed E-state index contributed by atoms with van der Waals surface area (Å²) in [5.74, 6) is -1.97. The first kappa shape index (κ1) is 26.2. The molecular formula is C22H27F3N2O6S. The summed E-state index contributed by atoms with van der Waals surface area (Å²) < 4.78 is 65.6. The van der Waals surface area contributed by atoms with Crippen LogP contribution in [0.2, 0.25) is 0 Å². The first-order valence-corrected chi connectivity index (χ1v) is 11.8. The lowest BCUT2D eigenvalue weighted by Gasteiger charge is -2.31. The second-order valence-corrected chi connectivity index (χ2v) is 11.3. The molecule has 3 N–H and O–H groups in total. The quantitative estimate of drug-likeness (QED) is 0.445. The molecule has 1 amide bonds. The molecule has 3 atom stereocenters. The third-order valence-corrected chi connectivity index (χ3v) is 6.85. The van der Waals surface area contributed by atoms with Crippen LogP contribution in [-0.4, -0.2) is 51.1 Å². The maximum Gasteiger partial charge on any atom is 0.410 e. The molecule has 188 valence electrons. The summed E-state index contributed by atoms with van der Waals surface area (Å²) in [4.78, 5) is 24.8. The molecule has 1 unspecified atom stereocenters. The van der Waals surface area contributed by atoms with Crippen LogP contribution in [0.4, 0.5) is 13.2 Å². The van der Waals surface area contributed by atoms with E-state index in [-0.39, 0.29) is 16.7 Å². The topological polar surface area (TPSA) is 124 Å². The Hall–Kier alpha value is -2.44. The number of hydrogen-bond donors (Lipinski definition) is 3. The average Bonchev–Trinajstić information content (AvgIpc) is 3.47. The molecular weight excluding hydrogens is 477 g/mol. The lowest BCUT2D eigenvalue weighted by molar-refractivity contribution is -0.169. The lowest BCUT2D eigenvalue weighted by atomic mass is 10.1. The standard InChI is InChI=1S/C22H27F3N2O6S/c1-11-16(14-9-13(7-8-15(14)33-11)32-10-12-5-6-12)19(28)26-17(20(29)30)18(22(23,24)25)27-34(31)21(2,3)4/h7-9,12,17-18,27H,5-6,10H2,1-4H3,(H,26,28)(H,29,30)/t17-,18-,34?/m1/s1. The zero-order valence-corrected chi connectivity index (χ0v) is 19.9. The van der Waals surface area contributed by atoms with Crippen molar-refractivity contribution in [3.8, 4) is 5.75 Å². The molecule has 0 aliphatic heterocycles. The van der Waals surface area contributed by atoms with Gasteiger partial charge in [-0.2, -0.15) is 13.2 Å². The lowest BCUT2D eigenvalue weighted by Crippen LogP contribution is -2.63. The van der Waals surface area contributed by atoms with E-state index in [0.717, 1.165) is 12.8 Å². The van der Waals surface area contributed by atoms with Gasteiger partial charge in [0.1, 0.15) is 21.8 Å². The van der Waals surface area contributed by atoms with Crippen LogP contribution in [0.25, 0.3) is 11.0 Å². The van der Waals surface area contributed by atoms with Crippen molar-refractivity contribution in [2.45, 2.75) is 63.5 Å². The van der Waals surface area contributed by atoms with Crippen LogP contribution in [0, 0.1) is 12.8 Å². The third-order valence-electron chi connectivity index (χ3n) is 5.27. The highest BCUT2D eigenvalue weighted by Crippen LogP contribution is 2.33. The summed E-state index contributed by atoms with van der Waals surface area (Å²) in [5.41, 5.74) is 0.198. The highest BCUT2D eigenvalue weighted by molar-refractivity contribution is 7.90. The van der Waals surface area contributed by atoms with Crippen LogP contribution in [0.5, 0.6) is 5.75 Å². The Balaban J connectivity index is 1.89. The minimum Gasteiger partial charge on any atom is -0.598 e. The number of ether oxygens (including phenoxy) is 1. The van der Waals surface area contributed by atoms with Gasteiger partial charge in [-0.3, -0.25) is 4.79 Å². The Kier molecular flexibility index (Phi) is 7.44. The molecule has 1 aliphatic rings. The maximum atomic E-state index is 13.8. The zero-order chi connectivity index (χ0) is 25.4. The second-order valence-electron chi connectivity index (χ2n) is 9.25. The van der Waals surface area contributed by atoms with Gasteiger partial charge in [-0.15, -0.1) is 4.72 Å². The molecule has 0 spiro atoms. The van der Waals surface area contributed by atoms with Gasteiger partial charge in [0.25, 0.3) is 5.91 Å². The number of furan rings is 1. The molecule has 34 heavy (non-hydrogen) atoms. The normalized spacial score (nSPS) is 17.3. The first-order valence-electron chi connectivity index (χ1n) is 10.6. The number of aliphatic carboxylic acids is 1. The number of aryl methyl sites for hydroxylation is 1. The molecule has 8 nitrogen and oxygen atoms in total. The number of amides is 1. The van der Waals surface area contributed by atoms with E-state index in [2.05, 4.69) is 0 Å². The van der Waals surface area contributed by atoms with Crippen molar-refractivity contribution in [3.05, 3.63) is 29.5 Å². The number of alkyl halides is 3. The van der Waals surface area contributed by atoms with Gasteiger partial charge < -0.3 is 24.1 Å². The number of carboxylic acid groups (broad SMARTS) is 1. The van der Waals surface area contributed by atoms with Gasteiger partial charge >= 0.3 is 12.1 Å². The Morgan fingerprint density at radius 3 is 2.47 bits per heavy atom. The van der Waals surface area contributed by atoms with Crippen molar-refractivity contribution < 1.29 is 41.6 Å². The molecule has 12 heteroatoms. The number of fused-ring (bicyclic) bond motifs is 1. The Bertz CT molecular complexity index is 1060. The van der Waals surface area contributed by atoms with Crippen LogP contribution in [-0.2, 0) is 16.2 Å². The third kappa shape index (κ3) is 6.16. The van der Waals surface area contributed by atoms with Crippen LogP contribution >= 0.6 is 0 Å². The molecule has 1 aromatic carbocycles. The highest BCUT2D eigenvalue weighted by Gasteiger charge is 2.52. The summed E-state index contributed by atoms with van der Waals surface area (Å²) in [6.45, 7) is 6.25. The van der Waals surface area contributed by atoms with E-state index in [4.69, 9.17) is 9.15 Å². The summed E-state index contributed by atoms with van der Waals surface area (Å²) >= 11 is -2.25. The van der Waals surface area contributed by atoms with Gasteiger partial charge in [0.2, 0.25) is 0 Å². The van der Waals surface area contributed by atoms with Crippen molar-refractivity contribution in [1.29, 1.82) is 0 Å². The van der Waals surface area contributed by atoms with Crippen molar-refractivity contribution in [3.63, 3.8) is 0 Å². The largest absolute Gasteiger partial charge is 0.598 e. The summed E-state index contributed by atoms with van der Waals surface area (Å²) in [5, 5.41) is 11.7. The molecule has 1 heterocycles. The van der Waals surface area contributed by atoms with Crippen molar-refractivity contribution in [1.82, 2.24) is 10.0 Å². The molecule has 1 saturated carbocycles. The summed E-state index contributed by atoms with van der Waals surface area (Å²) in [6, 6.07) is -0.487. The van der Waals surface area contributed by atoms with Crippen LogP contribution < -0.4 is 14.8 Å². The van der Waals surface area contributed by atoms with Crippen LogP contribution in [0.3, 0.4) is 0 Å². The van der Waals surface area contributed by atoms with Gasteiger partial charge in [0.15, 0.2) is 12.1 Å². The summed E-state index contributed by atoms with van der Waals surface area (Å²) in [6.07, 6.45) is -2.97. The SMILES string of the molecule is Cc1oc2ccc(OCC3CC3)cc2c1C(=O)N[C@@H](C(=O)O)[C@@H](N[S+]([O-])C(C)(C)C)C(F)(F)F. The molecule has 0 bridgehead atoms. The van der Waals surface area contributed by atoms with E-state index >= 15 is 0 Å². The van der Waals surface area contributed by atoms with E-state index in [1.807, 2.05) is 10.0 Å². The van der Waals surface area contributed by atoms with Gasteiger partial charge in [0.05, 0.1) is 12.2 Å². The van der Waals surface area contributed by atoms with E-state index in [1.54, 1.807) is 12.1 Å². The number of carbonyl (C=O) groups excluding carboxylic acids is 1.